The topological polar surface area (TPSA) is 54.5 Å². The highest BCUT2D eigenvalue weighted by atomic mass is 19.1. The van der Waals surface area contributed by atoms with Crippen LogP contribution in [0.25, 0.3) is 0 Å². The fourth-order valence-corrected chi connectivity index (χ4v) is 2.33. The zero-order valence-electron chi connectivity index (χ0n) is 11.9. The van der Waals surface area contributed by atoms with Gasteiger partial charge in [-0.1, -0.05) is 0 Å². The van der Waals surface area contributed by atoms with Crippen molar-refractivity contribution in [3.63, 3.8) is 0 Å². The summed E-state index contributed by atoms with van der Waals surface area (Å²) in [6.45, 7) is 3.69. The van der Waals surface area contributed by atoms with Gasteiger partial charge in [-0.2, -0.15) is 0 Å². The van der Waals surface area contributed by atoms with Gasteiger partial charge in [-0.05, 0) is 25.8 Å². The Morgan fingerprint density at radius 1 is 1.55 bits per heavy atom. The molecule has 20 heavy (non-hydrogen) atoms. The van der Waals surface area contributed by atoms with E-state index in [9.17, 15) is 9.18 Å². The average molecular weight is 281 g/mol. The van der Waals surface area contributed by atoms with Crippen molar-refractivity contribution in [2.45, 2.75) is 25.8 Å². The maximum absolute atomic E-state index is 14.2. The third-order valence-electron chi connectivity index (χ3n) is 3.52. The lowest BCUT2D eigenvalue weighted by atomic mass is 10.1. The van der Waals surface area contributed by atoms with Crippen LogP contribution in [0.1, 0.15) is 30.1 Å². The van der Waals surface area contributed by atoms with E-state index in [-0.39, 0.29) is 23.3 Å². The molecule has 0 radical (unpaired) electrons. The number of carbonyl (C=O) groups is 1. The van der Waals surface area contributed by atoms with Crippen LogP contribution < -0.4 is 5.32 Å². The fourth-order valence-electron chi connectivity index (χ4n) is 2.33. The molecule has 1 aromatic heterocycles. The number of nitrogens with zero attached hydrogens (tertiary/aromatic N) is 2. The summed E-state index contributed by atoms with van der Waals surface area (Å²) in [6.07, 6.45) is 3.02. The van der Waals surface area contributed by atoms with E-state index in [1.165, 1.54) is 12.3 Å². The van der Waals surface area contributed by atoms with Crippen molar-refractivity contribution in [2.75, 3.05) is 32.1 Å². The molecule has 1 fully saturated rings. The first-order chi connectivity index (χ1) is 9.65. The Labute approximate surface area is 118 Å². The number of hydrogen-bond donors (Lipinski definition) is 1. The van der Waals surface area contributed by atoms with Gasteiger partial charge in [0, 0.05) is 39.0 Å². The normalized spacial score (nSPS) is 15.9. The van der Waals surface area contributed by atoms with Crippen molar-refractivity contribution < 1.29 is 13.9 Å². The van der Waals surface area contributed by atoms with Gasteiger partial charge in [0.15, 0.2) is 11.6 Å². The van der Waals surface area contributed by atoms with Crippen molar-refractivity contribution in [2.24, 2.45) is 0 Å². The van der Waals surface area contributed by atoms with E-state index in [0.717, 1.165) is 12.8 Å². The lowest BCUT2D eigenvalue weighted by molar-refractivity contribution is 0.0359. The van der Waals surface area contributed by atoms with Crippen LogP contribution in [-0.4, -0.2) is 48.6 Å². The molecule has 0 spiro atoms. The van der Waals surface area contributed by atoms with Crippen LogP contribution in [0.15, 0.2) is 12.3 Å². The van der Waals surface area contributed by atoms with Gasteiger partial charge in [0.2, 0.25) is 0 Å². The van der Waals surface area contributed by atoms with E-state index in [2.05, 4.69) is 10.3 Å². The lowest BCUT2D eigenvalue weighted by Crippen LogP contribution is -2.41. The molecule has 6 heteroatoms. The van der Waals surface area contributed by atoms with Crippen molar-refractivity contribution in [3.05, 3.63) is 23.6 Å². The number of carbonyl (C=O) groups excluding carboxylic acids is 1. The monoisotopic (exact) mass is 281 g/mol. The summed E-state index contributed by atoms with van der Waals surface area (Å²) in [4.78, 5) is 17.9. The van der Waals surface area contributed by atoms with Gasteiger partial charge in [0.25, 0.3) is 5.91 Å². The van der Waals surface area contributed by atoms with Gasteiger partial charge in [0.05, 0.1) is 5.56 Å². The molecule has 1 amide bonds. The molecule has 1 saturated heterocycles. The summed E-state index contributed by atoms with van der Waals surface area (Å²) in [7, 11) is 1.71. The molecule has 0 atom stereocenters. The lowest BCUT2D eigenvalue weighted by Gasteiger charge is -2.31. The molecule has 0 unspecified atom stereocenters. The zero-order chi connectivity index (χ0) is 14.5. The van der Waals surface area contributed by atoms with Gasteiger partial charge < -0.3 is 15.0 Å². The number of amides is 1. The van der Waals surface area contributed by atoms with Crippen LogP contribution in [-0.2, 0) is 4.74 Å². The Morgan fingerprint density at radius 2 is 2.25 bits per heavy atom. The standard InChI is InChI=1S/C14H20FN3O2/c1-3-16-13-12(15)11(4-7-17-13)14(19)18(2)10-5-8-20-9-6-10/h4,7,10H,3,5-6,8-9H2,1-2H3,(H,16,17). The van der Waals surface area contributed by atoms with Crippen LogP contribution in [0, 0.1) is 5.82 Å². The average Bonchev–Trinajstić information content (AvgIpc) is 2.49. The molecule has 2 rings (SSSR count). The highest BCUT2D eigenvalue weighted by molar-refractivity contribution is 5.95. The molecule has 5 nitrogen and oxygen atoms in total. The van der Waals surface area contributed by atoms with Gasteiger partial charge in [-0.25, -0.2) is 9.37 Å². The molecular formula is C14H20FN3O2. The number of anilines is 1. The maximum Gasteiger partial charge on any atom is 0.257 e. The molecule has 110 valence electrons. The van der Waals surface area contributed by atoms with Gasteiger partial charge in [-0.3, -0.25) is 4.79 Å². The Bertz CT molecular complexity index is 475. The molecule has 1 aromatic rings. The van der Waals surface area contributed by atoms with Gasteiger partial charge in [0.1, 0.15) is 0 Å². The first-order valence-corrected chi connectivity index (χ1v) is 6.88. The van der Waals surface area contributed by atoms with Crippen LogP contribution in [0.2, 0.25) is 0 Å². The second-order valence-corrected chi connectivity index (χ2v) is 4.81. The molecule has 1 aliphatic heterocycles. The number of rotatable bonds is 4. The maximum atomic E-state index is 14.2. The van der Waals surface area contributed by atoms with Crippen LogP contribution >= 0.6 is 0 Å². The van der Waals surface area contributed by atoms with Gasteiger partial charge >= 0.3 is 0 Å². The van der Waals surface area contributed by atoms with E-state index >= 15 is 0 Å². The Balaban J connectivity index is 2.17. The van der Waals surface area contributed by atoms with E-state index < -0.39 is 5.82 Å². The minimum atomic E-state index is -0.585. The summed E-state index contributed by atoms with van der Waals surface area (Å²) in [5, 5.41) is 2.81. The molecule has 0 aliphatic carbocycles. The third kappa shape index (κ3) is 3.07. The highest BCUT2D eigenvalue weighted by Crippen LogP contribution is 2.20. The number of halogens is 1. The number of ether oxygens (including phenoxy) is 1. The second-order valence-electron chi connectivity index (χ2n) is 4.81. The highest BCUT2D eigenvalue weighted by Gasteiger charge is 2.26. The molecule has 2 heterocycles. The number of hydrogen-bond acceptors (Lipinski definition) is 4. The zero-order valence-corrected chi connectivity index (χ0v) is 11.9. The molecule has 1 aliphatic rings. The number of aromatic nitrogens is 1. The molecular weight excluding hydrogens is 261 g/mol. The minimum Gasteiger partial charge on any atom is -0.381 e. The quantitative estimate of drug-likeness (QED) is 0.916. The third-order valence-corrected chi connectivity index (χ3v) is 3.52. The Kier molecular flexibility index (Phi) is 4.89. The summed E-state index contributed by atoms with van der Waals surface area (Å²) < 4.78 is 19.5. The first kappa shape index (κ1) is 14.7. The van der Waals surface area contributed by atoms with Crippen molar-refractivity contribution >= 4 is 11.7 Å². The predicted molar refractivity (Wildman–Crippen MR) is 74.3 cm³/mol. The molecule has 0 bridgehead atoms. The molecule has 1 N–H and O–H groups in total. The number of nitrogens with one attached hydrogen (secondary N) is 1. The SMILES string of the molecule is CCNc1nccc(C(=O)N(C)C2CCOCC2)c1F. The van der Waals surface area contributed by atoms with Crippen molar-refractivity contribution in [3.8, 4) is 0 Å². The Hall–Kier alpha value is -1.69. The summed E-state index contributed by atoms with van der Waals surface area (Å²) in [5.74, 6) is -0.770. The van der Waals surface area contributed by atoms with E-state index in [1.807, 2.05) is 6.92 Å². The van der Waals surface area contributed by atoms with Crippen molar-refractivity contribution in [1.29, 1.82) is 0 Å². The summed E-state index contributed by atoms with van der Waals surface area (Å²) in [5.41, 5.74) is 0.0601. The van der Waals surface area contributed by atoms with Crippen LogP contribution in [0.3, 0.4) is 0 Å². The fraction of sp³-hybridized carbons (Fsp3) is 0.571. The van der Waals surface area contributed by atoms with Crippen LogP contribution in [0.4, 0.5) is 10.2 Å². The first-order valence-electron chi connectivity index (χ1n) is 6.88. The largest absolute Gasteiger partial charge is 0.381 e. The summed E-state index contributed by atoms with van der Waals surface area (Å²) >= 11 is 0. The minimum absolute atomic E-state index is 0.0601. The summed E-state index contributed by atoms with van der Waals surface area (Å²) in [6, 6.07) is 1.53. The molecule has 0 aromatic carbocycles. The second kappa shape index (κ2) is 6.65. The van der Waals surface area contributed by atoms with Crippen molar-refractivity contribution in [1.82, 2.24) is 9.88 Å². The molecule has 0 saturated carbocycles. The Morgan fingerprint density at radius 3 is 2.90 bits per heavy atom. The predicted octanol–water partition coefficient (Wildman–Crippen LogP) is 1.90. The smallest absolute Gasteiger partial charge is 0.257 e. The van der Waals surface area contributed by atoms with E-state index in [4.69, 9.17) is 4.74 Å². The van der Waals surface area contributed by atoms with E-state index in [1.54, 1.807) is 11.9 Å². The van der Waals surface area contributed by atoms with Gasteiger partial charge in [-0.15, -0.1) is 0 Å². The number of pyridine rings is 1. The van der Waals surface area contributed by atoms with Crippen LogP contribution in [0.5, 0.6) is 0 Å². The van der Waals surface area contributed by atoms with E-state index in [0.29, 0.717) is 19.8 Å².